The lowest BCUT2D eigenvalue weighted by Gasteiger charge is -2.16. The van der Waals surface area contributed by atoms with Gasteiger partial charge in [-0.3, -0.25) is 4.79 Å². The number of imidazole rings is 1. The van der Waals surface area contributed by atoms with Gasteiger partial charge in [-0.15, -0.1) is 11.3 Å². The lowest BCUT2D eigenvalue weighted by Crippen LogP contribution is -2.34. The lowest BCUT2D eigenvalue weighted by atomic mass is 10.2. The molecular formula is C18H19ClN4O3S2. The summed E-state index contributed by atoms with van der Waals surface area (Å²) < 4.78 is 28.4. The predicted octanol–water partition coefficient (Wildman–Crippen LogP) is 3.21. The molecule has 148 valence electrons. The average molecular weight is 439 g/mol. The fourth-order valence-electron chi connectivity index (χ4n) is 2.54. The van der Waals surface area contributed by atoms with Crippen molar-refractivity contribution in [3.05, 3.63) is 64.5 Å². The fraction of sp³-hybridized carbons (Fsp3) is 0.222. The Balaban J connectivity index is 1.59. The van der Waals surface area contributed by atoms with Crippen LogP contribution in [0.1, 0.15) is 11.4 Å². The van der Waals surface area contributed by atoms with Crippen LogP contribution in [0.2, 0.25) is 4.34 Å². The van der Waals surface area contributed by atoms with Crippen molar-refractivity contribution >= 4 is 44.6 Å². The highest BCUT2D eigenvalue weighted by Crippen LogP contribution is 2.27. The van der Waals surface area contributed by atoms with Crippen molar-refractivity contribution in [3.8, 4) is 0 Å². The number of rotatable bonds is 7. The van der Waals surface area contributed by atoms with Crippen molar-refractivity contribution in [1.29, 1.82) is 0 Å². The molecule has 0 spiro atoms. The van der Waals surface area contributed by atoms with Crippen LogP contribution in [-0.2, 0) is 21.4 Å². The topological polar surface area (TPSA) is 84.3 Å². The van der Waals surface area contributed by atoms with Crippen molar-refractivity contribution in [2.24, 2.45) is 0 Å². The smallest absolute Gasteiger partial charge is 0.252 e. The van der Waals surface area contributed by atoms with Gasteiger partial charge in [-0.1, -0.05) is 23.7 Å². The highest BCUT2D eigenvalue weighted by atomic mass is 35.5. The molecule has 0 atom stereocenters. The molecule has 1 amide bonds. The van der Waals surface area contributed by atoms with E-state index >= 15 is 0 Å². The molecule has 3 aromatic rings. The SMILES string of the molecule is Cc1nccn1Cc1ccc(NC(=O)CN(C)S(=O)(=O)c2ccc(Cl)s2)cc1. The zero-order valence-corrected chi connectivity index (χ0v) is 17.7. The molecule has 2 heterocycles. The van der Waals surface area contributed by atoms with Crippen molar-refractivity contribution in [2.45, 2.75) is 17.7 Å². The van der Waals surface area contributed by atoms with E-state index in [4.69, 9.17) is 11.6 Å². The number of aromatic nitrogens is 2. The van der Waals surface area contributed by atoms with Gasteiger partial charge in [0.1, 0.15) is 10.0 Å². The first-order valence-corrected chi connectivity index (χ1v) is 11.0. The highest BCUT2D eigenvalue weighted by molar-refractivity contribution is 7.91. The summed E-state index contributed by atoms with van der Waals surface area (Å²) >= 11 is 6.76. The first-order valence-electron chi connectivity index (χ1n) is 8.34. The molecule has 7 nitrogen and oxygen atoms in total. The molecule has 2 aromatic heterocycles. The van der Waals surface area contributed by atoms with Crippen molar-refractivity contribution in [2.75, 3.05) is 18.9 Å². The first-order chi connectivity index (χ1) is 13.3. The maximum absolute atomic E-state index is 12.4. The van der Waals surface area contributed by atoms with Crippen molar-refractivity contribution in [3.63, 3.8) is 0 Å². The molecule has 0 fully saturated rings. The number of anilines is 1. The van der Waals surface area contributed by atoms with E-state index in [1.807, 2.05) is 29.8 Å². The summed E-state index contributed by atoms with van der Waals surface area (Å²) in [4.78, 5) is 16.4. The Morgan fingerprint density at radius 2 is 1.96 bits per heavy atom. The zero-order valence-electron chi connectivity index (χ0n) is 15.3. The van der Waals surface area contributed by atoms with Crippen LogP contribution in [0.5, 0.6) is 0 Å². The zero-order chi connectivity index (χ0) is 20.3. The molecule has 3 rings (SSSR count). The fourth-order valence-corrected chi connectivity index (χ4v) is 5.36. The Morgan fingerprint density at radius 3 is 2.54 bits per heavy atom. The third-order valence-electron chi connectivity index (χ3n) is 4.09. The molecule has 0 aliphatic heterocycles. The summed E-state index contributed by atoms with van der Waals surface area (Å²) in [6.07, 6.45) is 3.65. The molecule has 1 N–H and O–H groups in total. The van der Waals surface area contributed by atoms with E-state index in [0.717, 1.165) is 27.0 Å². The summed E-state index contributed by atoms with van der Waals surface area (Å²) in [5.41, 5.74) is 1.66. The van der Waals surface area contributed by atoms with Crippen LogP contribution in [0.25, 0.3) is 0 Å². The molecule has 0 unspecified atom stereocenters. The highest BCUT2D eigenvalue weighted by Gasteiger charge is 2.24. The normalized spacial score (nSPS) is 11.7. The molecule has 0 aliphatic rings. The number of aryl methyl sites for hydroxylation is 1. The number of hydrogen-bond donors (Lipinski definition) is 1. The van der Waals surface area contributed by atoms with Gasteiger partial charge in [0.2, 0.25) is 5.91 Å². The van der Waals surface area contributed by atoms with Gasteiger partial charge in [-0.25, -0.2) is 13.4 Å². The molecule has 0 saturated heterocycles. The predicted molar refractivity (Wildman–Crippen MR) is 110 cm³/mol. The van der Waals surface area contributed by atoms with E-state index in [-0.39, 0.29) is 10.8 Å². The number of nitrogens with one attached hydrogen (secondary N) is 1. The van der Waals surface area contributed by atoms with E-state index in [2.05, 4.69) is 10.3 Å². The van der Waals surface area contributed by atoms with Gasteiger partial charge in [0.25, 0.3) is 10.0 Å². The van der Waals surface area contributed by atoms with Crippen molar-refractivity contribution in [1.82, 2.24) is 13.9 Å². The minimum Gasteiger partial charge on any atom is -0.331 e. The molecule has 0 bridgehead atoms. The number of nitrogens with zero attached hydrogens (tertiary/aromatic N) is 3. The minimum absolute atomic E-state index is 0.104. The van der Waals surface area contributed by atoms with Crippen LogP contribution in [0.3, 0.4) is 0 Å². The third-order valence-corrected chi connectivity index (χ3v) is 7.60. The number of amides is 1. The number of hydrogen-bond acceptors (Lipinski definition) is 5. The monoisotopic (exact) mass is 438 g/mol. The van der Waals surface area contributed by atoms with E-state index in [1.165, 1.54) is 19.2 Å². The summed E-state index contributed by atoms with van der Waals surface area (Å²) in [5.74, 6) is 0.501. The van der Waals surface area contributed by atoms with E-state index in [9.17, 15) is 13.2 Å². The van der Waals surface area contributed by atoms with Crippen LogP contribution in [0, 0.1) is 6.92 Å². The first kappa shape index (κ1) is 20.5. The van der Waals surface area contributed by atoms with Crippen LogP contribution < -0.4 is 5.32 Å². The van der Waals surface area contributed by atoms with Crippen LogP contribution >= 0.6 is 22.9 Å². The molecule has 0 aliphatic carbocycles. The van der Waals surface area contributed by atoms with Gasteiger partial charge in [-0.05, 0) is 36.8 Å². The van der Waals surface area contributed by atoms with Gasteiger partial charge in [0.05, 0.1) is 10.9 Å². The van der Waals surface area contributed by atoms with E-state index in [1.54, 1.807) is 18.3 Å². The quantitative estimate of drug-likeness (QED) is 0.613. The number of thiophene rings is 1. The molecule has 10 heteroatoms. The Labute approximate surface area is 172 Å². The number of sulfonamides is 1. The number of carbonyl (C=O) groups excluding carboxylic acids is 1. The molecular weight excluding hydrogens is 420 g/mol. The summed E-state index contributed by atoms with van der Waals surface area (Å²) in [7, 11) is -2.39. The largest absolute Gasteiger partial charge is 0.331 e. The van der Waals surface area contributed by atoms with Gasteiger partial charge in [0.15, 0.2) is 0 Å². The average Bonchev–Trinajstić information content (AvgIpc) is 3.25. The van der Waals surface area contributed by atoms with Gasteiger partial charge >= 0.3 is 0 Å². The number of benzene rings is 1. The van der Waals surface area contributed by atoms with Crippen molar-refractivity contribution < 1.29 is 13.2 Å². The standard InChI is InChI=1S/C18H19ClN4O3S2/c1-13-20-9-10-23(13)11-14-3-5-15(6-4-14)21-17(24)12-22(2)28(25,26)18-8-7-16(19)27-18/h3-10H,11-12H2,1-2H3,(H,21,24). The number of likely N-dealkylation sites (N-methyl/N-ethyl adjacent to an activating group) is 1. The Hall–Kier alpha value is -2.20. The summed E-state index contributed by atoms with van der Waals surface area (Å²) in [6.45, 7) is 2.32. The summed E-state index contributed by atoms with van der Waals surface area (Å²) in [6, 6.07) is 10.3. The van der Waals surface area contributed by atoms with Gasteiger partial charge in [0, 0.05) is 31.7 Å². The Bertz CT molecular complexity index is 1070. The second-order valence-electron chi connectivity index (χ2n) is 6.17. The Morgan fingerprint density at radius 1 is 1.25 bits per heavy atom. The summed E-state index contributed by atoms with van der Waals surface area (Å²) in [5, 5.41) is 2.71. The molecule has 0 saturated carbocycles. The van der Waals surface area contributed by atoms with E-state index < -0.39 is 15.9 Å². The maximum atomic E-state index is 12.4. The van der Waals surface area contributed by atoms with Crippen LogP contribution in [-0.4, -0.2) is 41.8 Å². The van der Waals surface area contributed by atoms with Crippen LogP contribution in [0.4, 0.5) is 5.69 Å². The van der Waals surface area contributed by atoms with Crippen LogP contribution in [0.15, 0.2) is 53.0 Å². The second-order valence-corrected chi connectivity index (χ2v) is 10.2. The minimum atomic E-state index is -3.75. The third kappa shape index (κ3) is 4.79. The lowest BCUT2D eigenvalue weighted by molar-refractivity contribution is -0.116. The van der Waals surface area contributed by atoms with E-state index in [0.29, 0.717) is 16.6 Å². The molecule has 0 radical (unpaired) electrons. The number of carbonyl (C=O) groups is 1. The Kier molecular flexibility index (Phi) is 6.19. The molecule has 28 heavy (non-hydrogen) atoms. The van der Waals surface area contributed by atoms with Gasteiger partial charge < -0.3 is 9.88 Å². The number of halogens is 1. The second kappa shape index (κ2) is 8.44. The molecule has 1 aromatic carbocycles. The van der Waals surface area contributed by atoms with Gasteiger partial charge in [-0.2, -0.15) is 4.31 Å². The maximum Gasteiger partial charge on any atom is 0.252 e.